The SMILES string of the molecule is O=C(c1cnc(Cl)cn1)N1CCC[C@@H]1CO. The van der Waals surface area contributed by atoms with E-state index >= 15 is 0 Å². The van der Waals surface area contributed by atoms with Crippen LogP contribution < -0.4 is 0 Å². The molecule has 1 atom stereocenters. The number of hydrogen-bond acceptors (Lipinski definition) is 4. The van der Waals surface area contributed by atoms with Crippen molar-refractivity contribution in [3.8, 4) is 0 Å². The average molecular weight is 242 g/mol. The van der Waals surface area contributed by atoms with Crippen LogP contribution in [0, 0.1) is 0 Å². The Morgan fingerprint density at radius 1 is 1.56 bits per heavy atom. The number of carbonyl (C=O) groups excluding carboxylic acids is 1. The molecule has 0 saturated carbocycles. The number of amides is 1. The molecular formula is C10H12ClN3O2. The highest BCUT2D eigenvalue weighted by Gasteiger charge is 2.29. The Morgan fingerprint density at radius 2 is 2.38 bits per heavy atom. The van der Waals surface area contributed by atoms with Crippen molar-refractivity contribution in [3.63, 3.8) is 0 Å². The van der Waals surface area contributed by atoms with Gasteiger partial charge in [-0.3, -0.25) is 4.79 Å². The predicted octanol–water partition coefficient (Wildman–Crippen LogP) is 0.727. The Hall–Kier alpha value is -1.20. The third-order valence-corrected chi connectivity index (χ3v) is 2.88. The second kappa shape index (κ2) is 4.76. The number of aliphatic hydroxyl groups is 1. The van der Waals surface area contributed by atoms with Crippen molar-refractivity contribution < 1.29 is 9.90 Å². The van der Waals surface area contributed by atoms with E-state index in [4.69, 9.17) is 16.7 Å². The van der Waals surface area contributed by atoms with Gasteiger partial charge in [-0.25, -0.2) is 9.97 Å². The van der Waals surface area contributed by atoms with E-state index in [1.807, 2.05) is 0 Å². The number of hydrogen-bond donors (Lipinski definition) is 1. The molecule has 6 heteroatoms. The van der Waals surface area contributed by atoms with Gasteiger partial charge in [0.05, 0.1) is 25.0 Å². The number of likely N-dealkylation sites (tertiary alicyclic amines) is 1. The van der Waals surface area contributed by atoms with Gasteiger partial charge in [0.15, 0.2) is 0 Å². The predicted molar refractivity (Wildman–Crippen MR) is 58.2 cm³/mol. The Morgan fingerprint density at radius 3 is 3.00 bits per heavy atom. The van der Waals surface area contributed by atoms with E-state index < -0.39 is 0 Å². The van der Waals surface area contributed by atoms with Gasteiger partial charge in [0.25, 0.3) is 5.91 Å². The molecule has 0 bridgehead atoms. The van der Waals surface area contributed by atoms with E-state index in [-0.39, 0.29) is 29.4 Å². The van der Waals surface area contributed by atoms with E-state index in [2.05, 4.69) is 9.97 Å². The monoisotopic (exact) mass is 241 g/mol. The fourth-order valence-corrected chi connectivity index (χ4v) is 1.96. The summed E-state index contributed by atoms with van der Waals surface area (Å²) >= 11 is 5.59. The van der Waals surface area contributed by atoms with Gasteiger partial charge in [-0.15, -0.1) is 0 Å². The molecule has 1 aromatic rings. The molecule has 1 fully saturated rings. The summed E-state index contributed by atoms with van der Waals surface area (Å²) in [5.74, 6) is -0.194. The van der Waals surface area contributed by atoms with Crippen LogP contribution in [0.4, 0.5) is 0 Å². The minimum atomic E-state index is -0.194. The molecule has 0 aliphatic carbocycles. The lowest BCUT2D eigenvalue weighted by molar-refractivity contribution is 0.0671. The molecular weight excluding hydrogens is 230 g/mol. The smallest absolute Gasteiger partial charge is 0.274 e. The zero-order valence-electron chi connectivity index (χ0n) is 8.64. The zero-order chi connectivity index (χ0) is 11.5. The van der Waals surface area contributed by atoms with Gasteiger partial charge in [0, 0.05) is 6.54 Å². The molecule has 1 saturated heterocycles. The molecule has 0 spiro atoms. The van der Waals surface area contributed by atoms with Gasteiger partial charge < -0.3 is 10.0 Å². The van der Waals surface area contributed by atoms with E-state index in [0.29, 0.717) is 6.54 Å². The van der Waals surface area contributed by atoms with Gasteiger partial charge in [0.2, 0.25) is 0 Å². The van der Waals surface area contributed by atoms with Crippen LogP contribution in [0.1, 0.15) is 23.3 Å². The van der Waals surface area contributed by atoms with Crippen molar-refractivity contribution in [1.82, 2.24) is 14.9 Å². The summed E-state index contributed by atoms with van der Waals surface area (Å²) in [5, 5.41) is 9.39. The number of carbonyl (C=O) groups is 1. The number of nitrogens with zero attached hydrogens (tertiary/aromatic N) is 3. The molecule has 1 N–H and O–H groups in total. The standard InChI is InChI=1S/C10H12ClN3O2/c11-9-5-12-8(4-13-9)10(16)14-3-1-2-7(14)6-15/h4-5,7,15H,1-3,6H2/t7-/m1/s1. The molecule has 5 nitrogen and oxygen atoms in total. The molecule has 2 heterocycles. The molecule has 16 heavy (non-hydrogen) atoms. The van der Waals surface area contributed by atoms with E-state index in [1.165, 1.54) is 12.4 Å². The summed E-state index contributed by atoms with van der Waals surface area (Å²) in [6.45, 7) is 0.654. The van der Waals surface area contributed by atoms with Crippen LogP contribution >= 0.6 is 11.6 Å². The first kappa shape index (κ1) is 11.3. The van der Waals surface area contributed by atoms with Crippen LogP contribution in [0.2, 0.25) is 5.15 Å². The Bertz CT molecular complexity index is 382. The van der Waals surface area contributed by atoms with Gasteiger partial charge >= 0.3 is 0 Å². The van der Waals surface area contributed by atoms with Crippen LogP contribution in [-0.4, -0.2) is 45.1 Å². The van der Waals surface area contributed by atoms with Crippen LogP contribution in [0.15, 0.2) is 12.4 Å². The topological polar surface area (TPSA) is 66.3 Å². The molecule has 86 valence electrons. The number of halogens is 1. The Labute approximate surface area is 98.1 Å². The van der Waals surface area contributed by atoms with Crippen LogP contribution in [0.25, 0.3) is 0 Å². The van der Waals surface area contributed by atoms with Crippen molar-refractivity contribution in [2.75, 3.05) is 13.2 Å². The lowest BCUT2D eigenvalue weighted by atomic mass is 10.2. The fraction of sp³-hybridized carbons (Fsp3) is 0.500. The average Bonchev–Trinajstić information content (AvgIpc) is 2.77. The summed E-state index contributed by atoms with van der Waals surface area (Å²) in [7, 11) is 0. The normalized spacial score (nSPS) is 20.1. The number of aromatic nitrogens is 2. The second-order valence-corrected chi connectivity index (χ2v) is 4.09. The molecule has 1 aliphatic heterocycles. The molecule has 0 unspecified atom stereocenters. The molecule has 0 radical (unpaired) electrons. The lowest BCUT2D eigenvalue weighted by Crippen LogP contribution is -2.38. The van der Waals surface area contributed by atoms with E-state index in [1.54, 1.807) is 4.90 Å². The summed E-state index contributed by atoms with van der Waals surface area (Å²) in [4.78, 5) is 21.4. The van der Waals surface area contributed by atoms with Crippen molar-refractivity contribution in [1.29, 1.82) is 0 Å². The van der Waals surface area contributed by atoms with Gasteiger partial charge in [-0.2, -0.15) is 0 Å². The van der Waals surface area contributed by atoms with Crippen molar-refractivity contribution in [2.45, 2.75) is 18.9 Å². The van der Waals surface area contributed by atoms with Crippen LogP contribution in [0.3, 0.4) is 0 Å². The van der Waals surface area contributed by atoms with Crippen LogP contribution in [-0.2, 0) is 0 Å². The van der Waals surface area contributed by atoms with Crippen molar-refractivity contribution in [3.05, 3.63) is 23.2 Å². The Balaban J connectivity index is 2.15. The molecule has 2 rings (SSSR count). The molecule has 1 aliphatic rings. The van der Waals surface area contributed by atoms with E-state index in [9.17, 15) is 4.79 Å². The first-order chi connectivity index (χ1) is 7.72. The summed E-state index contributed by atoms with van der Waals surface area (Å²) in [6.07, 6.45) is 4.46. The zero-order valence-corrected chi connectivity index (χ0v) is 9.39. The van der Waals surface area contributed by atoms with Gasteiger partial charge in [0.1, 0.15) is 10.8 Å². The van der Waals surface area contributed by atoms with E-state index in [0.717, 1.165) is 12.8 Å². The molecule has 1 amide bonds. The quantitative estimate of drug-likeness (QED) is 0.829. The minimum absolute atomic E-state index is 0.00718. The summed E-state index contributed by atoms with van der Waals surface area (Å²) in [5.41, 5.74) is 0.268. The van der Waals surface area contributed by atoms with Crippen molar-refractivity contribution >= 4 is 17.5 Å². The van der Waals surface area contributed by atoms with Gasteiger partial charge in [-0.1, -0.05) is 11.6 Å². The minimum Gasteiger partial charge on any atom is -0.394 e. The highest BCUT2D eigenvalue weighted by atomic mass is 35.5. The fourth-order valence-electron chi connectivity index (χ4n) is 1.86. The number of aliphatic hydroxyl groups excluding tert-OH is 1. The third-order valence-electron chi connectivity index (χ3n) is 2.69. The summed E-state index contributed by atoms with van der Waals surface area (Å²) in [6, 6.07) is -0.0926. The molecule has 0 aromatic carbocycles. The highest BCUT2D eigenvalue weighted by molar-refractivity contribution is 6.29. The summed E-state index contributed by atoms with van der Waals surface area (Å²) < 4.78 is 0. The largest absolute Gasteiger partial charge is 0.394 e. The van der Waals surface area contributed by atoms with Gasteiger partial charge in [-0.05, 0) is 12.8 Å². The first-order valence-corrected chi connectivity index (χ1v) is 5.49. The maximum atomic E-state index is 12.0. The maximum Gasteiger partial charge on any atom is 0.274 e. The van der Waals surface area contributed by atoms with Crippen LogP contribution in [0.5, 0.6) is 0 Å². The molecule has 1 aromatic heterocycles. The second-order valence-electron chi connectivity index (χ2n) is 3.70. The Kier molecular flexibility index (Phi) is 3.36. The first-order valence-electron chi connectivity index (χ1n) is 5.11. The lowest BCUT2D eigenvalue weighted by Gasteiger charge is -2.22. The number of rotatable bonds is 2. The van der Waals surface area contributed by atoms with Crippen molar-refractivity contribution in [2.24, 2.45) is 0 Å². The maximum absolute atomic E-state index is 12.0. The third kappa shape index (κ3) is 2.15. The highest BCUT2D eigenvalue weighted by Crippen LogP contribution is 2.18.